The van der Waals surface area contributed by atoms with Crippen LogP contribution < -0.4 is 5.32 Å². The number of nitrogens with one attached hydrogen (secondary N) is 1. The third-order valence-corrected chi connectivity index (χ3v) is 14.6. The second kappa shape index (κ2) is 9.58. The molecule has 4 saturated carbocycles. The third kappa shape index (κ3) is 3.85. The number of carbonyl (C=O) groups is 1. The topological polar surface area (TPSA) is 62.5 Å². The molecule has 226 valence electrons. The average Bonchev–Trinajstić information content (AvgIpc) is 3.63. The molecule has 7 unspecified atom stereocenters. The highest BCUT2D eigenvalue weighted by Gasteiger charge is 2.69. The van der Waals surface area contributed by atoms with Gasteiger partial charge in [-0.05, 0) is 139 Å². The van der Waals surface area contributed by atoms with Crippen LogP contribution in [0.3, 0.4) is 0 Å². The van der Waals surface area contributed by atoms with Crippen LogP contribution in [0.15, 0.2) is 53.2 Å². The summed E-state index contributed by atoms with van der Waals surface area (Å²) in [6.07, 6.45) is 17.5. The van der Waals surface area contributed by atoms with Gasteiger partial charge < -0.3 is 14.8 Å². The molecule has 0 spiro atoms. The van der Waals surface area contributed by atoms with E-state index >= 15 is 0 Å². The van der Waals surface area contributed by atoms with Crippen LogP contribution in [0.1, 0.15) is 121 Å². The normalized spacial score (nSPS) is 42.1. The first-order valence-electron chi connectivity index (χ1n) is 16.8. The number of fused-ring (bicyclic) bond motifs is 7. The van der Waals surface area contributed by atoms with Gasteiger partial charge in [-0.3, -0.25) is 0 Å². The predicted octanol–water partition coefficient (Wildman–Crippen LogP) is 9.37. The number of allylic oxidation sites excluding steroid dienone is 2. The molecule has 0 amide bonds. The van der Waals surface area contributed by atoms with Crippen molar-refractivity contribution in [1.29, 1.82) is 0 Å². The number of carboxylic acids is 1. The van der Waals surface area contributed by atoms with Crippen LogP contribution >= 0.6 is 0 Å². The van der Waals surface area contributed by atoms with Crippen LogP contribution in [0.25, 0.3) is 5.57 Å². The van der Waals surface area contributed by atoms with Crippen LogP contribution in [0.2, 0.25) is 0 Å². The van der Waals surface area contributed by atoms with Crippen molar-refractivity contribution in [2.45, 2.75) is 111 Å². The summed E-state index contributed by atoms with van der Waals surface area (Å²) >= 11 is 0. The van der Waals surface area contributed by atoms with E-state index in [1.165, 1.54) is 68.9 Å². The highest BCUT2D eigenvalue weighted by atomic mass is 16.4. The zero-order valence-corrected chi connectivity index (χ0v) is 26.5. The van der Waals surface area contributed by atoms with E-state index in [4.69, 9.17) is 4.42 Å². The molecule has 1 aromatic carbocycles. The molecule has 5 aliphatic rings. The summed E-state index contributed by atoms with van der Waals surface area (Å²) in [5, 5.41) is 13.5. The molecule has 4 heteroatoms. The fourth-order valence-corrected chi connectivity index (χ4v) is 12.4. The third-order valence-electron chi connectivity index (χ3n) is 14.6. The maximum atomic E-state index is 11.5. The van der Waals surface area contributed by atoms with Gasteiger partial charge in [0.15, 0.2) is 0 Å². The van der Waals surface area contributed by atoms with Gasteiger partial charge in [0.25, 0.3) is 0 Å². The van der Waals surface area contributed by atoms with Gasteiger partial charge in [-0.2, -0.15) is 0 Å². The summed E-state index contributed by atoms with van der Waals surface area (Å²) in [4.78, 5) is 11.5. The molecule has 2 aromatic rings. The number of carboxylic acid groups (broad SMARTS) is 1. The van der Waals surface area contributed by atoms with Gasteiger partial charge in [0.2, 0.25) is 0 Å². The molecule has 4 fully saturated rings. The Morgan fingerprint density at radius 2 is 1.67 bits per heavy atom. The molecule has 0 aliphatic heterocycles. The number of hydrogen-bond acceptors (Lipinski definition) is 3. The minimum Gasteiger partial charge on any atom is -0.478 e. The number of furan rings is 1. The van der Waals surface area contributed by atoms with E-state index in [1.54, 1.807) is 18.4 Å². The van der Waals surface area contributed by atoms with Gasteiger partial charge in [0, 0.05) is 5.54 Å². The summed E-state index contributed by atoms with van der Waals surface area (Å²) in [6, 6.07) is 11.7. The highest BCUT2D eigenvalue weighted by molar-refractivity contribution is 5.88. The van der Waals surface area contributed by atoms with Gasteiger partial charge in [-0.25, -0.2) is 4.79 Å². The van der Waals surface area contributed by atoms with Gasteiger partial charge in [0.1, 0.15) is 5.76 Å². The molecule has 0 saturated heterocycles. The fraction of sp³-hybridized carbons (Fsp3) is 0.658. The monoisotopic (exact) mass is 569 g/mol. The molecule has 0 radical (unpaired) electrons. The van der Waals surface area contributed by atoms with E-state index in [9.17, 15) is 9.90 Å². The Kier molecular flexibility index (Phi) is 6.49. The minimum atomic E-state index is -0.854. The Labute approximate surface area is 252 Å². The first kappa shape index (κ1) is 28.4. The highest BCUT2D eigenvalue weighted by Crippen LogP contribution is 2.76. The Morgan fingerprint density at radius 3 is 2.38 bits per heavy atom. The second-order valence-electron chi connectivity index (χ2n) is 16.2. The fourth-order valence-electron chi connectivity index (χ4n) is 12.4. The van der Waals surface area contributed by atoms with Crippen molar-refractivity contribution in [3.8, 4) is 0 Å². The van der Waals surface area contributed by atoms with Gasteiger partial charge >= 0.3 is 5.97 Å². The van der Waals surface area contributed by atoms with Crippen LogP contribution in [0.5, 0.6) is 0 Å². The lowest BCUT2D eigenvalue weighted by Crippen LogP contribution is -2.67. The van der Waals surface area contributed by atoms with Crippen LogP contribution in [-0.4, -0.2) is 16.6 Å². The van der Waals surface area contributed by atoms with Crippen molar-refractivity contribution < 1.29 is 14.3 Å². The Balaban J connectivity index is 1.18. The molecule has 7 rings (SSSR count). The Morgan fingerprint density at radius 1 is 0.881 bits per heavy atom. The van der Waals surface area contributed by atoms with Crippen molar-refractivity contribution in [1.82, 2.24) is 5.32 Å². The first-order valence-corrected chi connectivity index (χ1v) is 16.8. The van der Waals surface area contributed by atoms with Crippen molar-refractivity contribution in [2.24, 2.45) is 45.3 Å². The summed E-state index contributed by atoms with van der Waals surface area (Å²) in [5.41, 5.74) is 4.35. The summed E-state index contributed by atoms with van der Waals surface area (Å²) in [6.45, 7) is 13.9. The minimum absolute atomic E-state index is 0.0553. The standard InChI is InChI=1S/C38H51NO3/c1-34(2)28(25-10-12-26(13-11-25)33(40)41)16-19-35(3)31(34)17-20-37(5)32(35)15-14-29-30-9-6-18-38(30,22-21-36(29,37)4)39-24-27-8-7-23-42-27/h7-8,10-13,16,23,29-32,39H,6,9,14-15,17-22,24H2,1-5H3,(H,40,41)/t29?,30?,31?,32?,35?,36-,37?,38?/m1/s1. The lowest BCUT2D eigenvalue weighted by atomic mass is 9.33. The van der Waals surface area contributed by atoms with E-state index in [0.717, 1.165) is 36.5 Å². The Hall–Kier alpha value is -2.33. The number of benzene rings is 1. The lowest BCUT2D eigenvalue weighted by Gasteiger charge is -2.72. The van der Waals surface area contributed by atoms with Crippen LogP contribution in [0.4, 0.5) is 0 Å². The molecule has 1 heterocycles. The number of rotatable bonds is 5. The largest absolute Gasteiger partial charge is 0.478 e. The average molecular weight is 570 g/mol. The molecular formula is C38H51NO3. The quantitative estimate of drug-likeness (QED) is 0.377. The summed E-state index contributed by atoms with van der Waals surface area (Å²) in [5.74, 6) is 3.16. The van der Waals surface area contributed by atoms with Crippen molar-refractivity contribution in [3.63, 3.8) is 0 Å². The lowest BCUT2D eigenvalue weighted by molar-refractivity contribution is -0.217. The van der Waals surface area contributed by atoms with E-state index in [-0.39, 0.29) is 16.4 Å². The smallest absolute Gasteiger partial charge is 0.335 e. The first-order chi connectivity index (χ1) is 19.9. The number of hydrogen-bond donors (Lipinski definition) is 2. The summed E-state index contributed by atoms with van der Waals surface area (Å²) in [7, 11) is 0. The predicted molar refractivity (Wildman–Crippen MR) is 168 cm³/mol. The molecule has 8 atom stereocenters. The zero-order valence-electron chi connectivity index (χ0n) is 26.5. The van der Waals surface area contributed by atoms with Crippen molar-refractivity contribution in [2.75, 3.05) is 0 Å². The Bertz CT molecular complexity index is 1370. The molecule has 1 aromatic heterocycles. The molecule has 2 N–H and O–H groups in total. The van der Waals surface area contributed by atoms with E-state index in [0.29, 0.717) is 22.3 Å². The molecule has 0 bridgehead atoms. The van der Waals surface area contributed by atoms with Gasteiger partial charge in [0.05, 0.1) is 18.4 Å². The molecule has 42 heavy (non-hydrogen) atoms. The van der Waals surface area contributed by atoms with E-state index < -0.39 is 5.97 Å². The van der Waals surface area contributed by atoms with E-state index in [2.05, 4.69) is 52.1 Å². The maximum absolute atomic E-state index is 11.5. The SMILES string of the molecule is CC1(C)C(c2ccc(C(=O)O)cc2)=CCC2(C)C1CCC1(C)C2CCC2C3CCCC3(NCc3ccco3)CC[C@]21C. The van der Waals surface area contributed by atoms with Crippen LogP contribution in [0, 0.1) is 45.3 Å². The van der Waals surface area contributed by atoms with Crippen LogP contribution in [-0.2, 0) is 6.54 Å². The van der Waals surface area contributed by atoms with Gasteiger partial charge in [-0.1, -0.05) is 59.2 Å². The zero-order chi connectivity index (χ0) is 29.5. The van der Waals surface area contributed by atoms with Crippen molar-refractivity contribution >= 4 is 11.5 Å². The molecule has 4 nitrogen and oxygen atoms in total. The molecular weight excluding hydrogens is 518 g/mol. The summed E-state index contributed by atoms with van der Waals surface area (Å²) < 4.78 is 5.72. The second-order valence-corrected chi connectivity index (χ2v) is 16.2. The van der Waals surface area contributed by atoms with E-state index in [1.807, 2.05) is 18.2 Å². The maximum Gasteiger partial charge on any atom is 0.335 e. The van der Waals surface area contributed by atoms with Gasteiger partial charge in [-0.15, -0.1) is 0 Å². The van der Waals surface area contributed by atoms with Crippen molar-refractivity contribution in [3.05, 3.63) is 65.6 Å². The number of aromatic carboxylic acids is 1. The molecule has 5 aliphatic carbocycles.